The minimum atomic E-state index is -3.66. The Kier molecular flexibility index (Phi) is 7.48. The first-order valence-electron chi connectivity index (χ1n) is 11.7. The lowest BCUT2D eigenvalue weighted by molar-refractivity contribution is -0.384. The summed E-state index contributed by atoms with van der Waals surface area (Å²) in [7, 11) is -3.66. The second-order valence-corrected chi connectivity index (χ2v) is 11.4. The number of fused-ring (bicyclic) bond motifs is 1. The topological polar surface area (TPSA) is 115 Å². The highest BCUT2D eigenvalue weighted by atomic mass is 32.2. The first-order chi connectivity index (χ1) is 16.8. The summed E-state index contributed by atoms with van der Waals surface area (Å²) in [6.45, 7) is 4.62. The number of rotatable bonds is 7. The molecule has 0 bridgehead atoms. The van der Waals surface area contributed by atoms with E-state index in [0.29, 0.717) is 23.4 Å². The van der Waals surface area contributed by atoms with Crippen LogP contribution in [0.25, 0.3) is 10.2 Å². The van der Waals surface area contributed by atoms with E-state index in [2.05, 4.69) is 4.99 Å². The number of non-ortho nitro benzene ring substituents is 1. The molecule has 0 unspecified atom stereocenters. The van der Waals surface area contributed by atoms with Crippen LogP contribution in [0.2, 0.25) is 0 Å². The number of amides is 1. The van der Waals surface area contributed by atoms with Crippen LogP contribution in [0.5, 0.6) is 0 Å². The van der Waals surface area contributed by atoms with Gasteiger partial charge in [0.25, 0.3) is 11.6 Å². The van der Waals surface area contributed by atoms with Crippen molar-refractivity contribution in [3.8, 4) is 0 Å². The lowest BCUT2D eigenvalue weighted by atomic mass is 9.95. The fraction of sp³-hybridized carbons (Fsp3) is 0.417. The summed E-state index contributed by atoms with van der Waals surface area (Å²) >= 11 is 1.27. The highest BCUT2D eigenvalue weighted by Gasteiger charge is 2.31. The van der Waals surface area contributed by atoms with E-state index in [1.54, 1.807) is 14.9 Å². The molecule has 9 nitrogen and oxygen atoms in total. The number of carbonyl (C=O) groups excluding carboxylic acids is 1. The Hall–Kier alpha value is -2.89. The quantitative estimate of drug-likeness (QED) is 0.333. The van der Waals surface area contributed by atoms with Gasteiger partial charge in [0.05, 0.1) is 20.0 Å². The van der Waals surface area contributed by atoms with Crippen LogP contribution in [-0.4, -0.2) is 40.7 Å². The van der Waals surface area contributed by atoms with Crippen LogP contribution in [0.4, 0.5) is 5.69 Å². The molecular weight excluding hydrogens is 488 g/mol. The average Bonchev–Trinajstić information content (AvgIpc) is 3.21. The molecule has 0 N–H and O–H groups in total. The van der Waals surface area contributed by atoms with Crippen molar-refractivity contribution >= 4 is 43.2 Å². The van der Waals surface area contributed by atoms with Crippen LogP contribution in [0.1, 0.15) is 56.3 Å². The molecule has 1 aromatic heterocycles. The van der Waals surface area contributed by atoms with Crippen molar-refractivity contribution < 1.29 is 18.1 Å². The predicted octanol–water partition coefficient (Wildman–Crippen LogP) is 4.72. The molecule has 11 heteroatoms. The zero-order valence-corrected chi connectivity index (χ0v) is 21.3. The monoisotopic (exact) mass is 516 g/mol. The number of aromatic nitrogens is 1. The fourth-order valence-corrected chi connectivity index (χ4v) is 7.38. The van der Waals surface area contributed by atoms with Crippen LogP contribution in [0, 0.1) is 10.1 Å². The van der Waals surface area contributed by atoms with Crippen LogP contribution in [0.15, 0.2) is 52.4 Å². The Labute approximate surface area is 207 Å². The van der Waals surface area contributed by atoms with Crippen molar-refractivity contribution in [2.75, 3.05) is 6.54 Å². The summed E-state index contributed by atoms with van der Waals surface area (Å²) in [5.74, 6) is -0.503. The maximum Gasteiger partial charge on any atom is 0.279 e. The average molecular weight is 517 g/mol. The number of nitrogens with zero attached hydrogens (tertiary/aromatic N) is 4. The number of hydrogen-bond donors (Lipinski definition) is 0. The van der Waals surface area contributed by atoms with Crippen molar-refractivity contribution in [1.29, 1.82) is 0 Å². The largest absolute Gasteiger partial charge is 0.316 e. The third-order valence-electron chi connectivity index (χ3n) is 6.39. The van der Waals surface area contributed by atoms with Crippen molar-refractivity contribution in [2.24, 2.45) is 4.99 Å². The lowest BCUT2D eigenvalue weighted by Gasteiger charge is -2.32. The normalized spacial score (nSPS) is 15.7. The predicted molar refractivity (Wildman–Crippen MR) is 135 cm³/mol. The van der Waals surface area contributed by atoms with Crippen molar-refractivity contribution in [2.45, 2.75) is 63.4 Å². The zero-order chi connectivity index (χ0) is 25.2. The third kappa shape index (κ3) is 5.07. The van der Waals surface area contributed by atoms with Crippen LogP contribution < -0.4 is 4.80 Å². The van der Waals surface area contributed by atoms with E-state index in [0.717, 1.165) is 36.8 Å². The van der Waals surface area contributed by atoms with Crippen molar-refractivity contribution in [1.82, 2.24) is 8.87 Å². The van der Waals surface area contributed by atoms with Gasteiger partial charge in [-0.1, -0.05) is 37.5 Å². The Morgan fingerprint density at radius 2 is 1.83 bits per heavy atom. The number of nitro benzene ring substituents is 1. The second-order valence-electron chi connectivity index (χ2n) is 8.48. The van der Waals surface area contributed by atoms with Gasteiger partial charge in [0.15, 0.2) is 4.80 Å². The number of aryl methyl sites for hydroxylation is 1. The smallest absolute Gasteiger partial charge is 0.279 e. The molecule has 4 rings (SSSR count). The maximum atomic E-state index is 13.3. The van der Waals surface area contributed by atoms with Crippen LogP contribution in [-0.2, 0) is 16.6 Å². The minimum Gasteiger partial charge on any atom is -0.316 e. The molecule has 1 aliphatic rings. The van der Waals surface area contributed by atoms with E-state index in [1.165, 1.54) is 47.7 Å². The molecule has 0 spiro atoms. The number of hydrogen-bond acceptors (Lipinski definition) is 6. The highest BCUT2D eigenvalue weighted by Crippen LogP contribution is 2.28. The summed E-state index contributed by atoms with van der Waals surface area (Å²) in [6, 6.07) is 10.5. The minimum absolute atomic E-state index is 0.0170. The van der Waals surface area contributed by atoms with Gasteiger partial charge in [-0.2, -0.15) is 9.30 Å². The summed E-state index contributed by atoms with van der Waals surface area (Å²) in [5.41, 5.74) is 0.888. The first kappa shape index (κ1) is 25.2. The Balaban J connectivity index is 1.63. The van der Waals surface area contributed by atoms with Gasteiger partial charge in [0.1, 0.15) is 0 Å². The van der Waals surface area contributed by atoms with Gasteiger partial charge < -0.3 is 4.57 Å². The Morgan fingerprint density at radius 3 is 2.43 bits per heavy atom. The number of carbonyl (C=O) groups is 1. The standard InChI is InChI=1S/C24H28N4O5S2/c1-3-26-21-16-19(28(30)31)12-15-22(21)34-24(26)25-23(29)17-10-13-20(14-11-17)35(32,33)27(4-2)18-8-6-5-7-9-18/h10-16,18H,3-9H2,1-2H3. The molecule has 3 aromatic rings. The molecule has 1 heterocycles. The lowest BCUT2D eigenvalue weighted by Crippen LogP contribution is -2.41. The molecule has 1 saturated carbocycles. The van der Waals surface area contributed by atoms with E-state index < -0.39 is 20.9 Å². The van der Waals surface area contributed by atoms with Gasteiger partial charge in [-0.15, -0.1) is 0 Å². The van der Waals surface area contributed by atoms with Crippen LogP contribution >= 0.6 is 11.3 Å². The van der Waals surface area contributed by atoms with Gasteiger partial charge in [-0.05, 0) is 50.1 Å². The number of nitro groups is 1. The van der Waals surface area contributed by atoms with E-state index in [4.69, 9.17) is 0 Å². The molecule has 1 fully saturated rings. The molecule has 186 valence electrons. The number of benzene rings is 2. The molecule has 0 aliphatic heterocycles. The number of thiazole rings is 1. The Bertz CT molecular complexity index is 1420. The van der Waals surface area contributed by atoms with Gasteiger partial charge in [0, 0.05) is 36.8 Å². The Morgan fingerprint density at radius 1 is 1.14 bits per heavy atom. The van der Waals surface area contributed by atoms with Gasteiger partial charge in [-0.3, -0.25) is 14.9 Å². The summed E-state index contributed by atoms with van der Waals surface area (Å²) < 4.78 is 30.6. The third-order valence-corrected chi connectivity index (χ3v) is 9.49. The van der Waals surface area contributed by atoms with Gasteiger partial charge >= 0.3 is 0 Å². The first-order valence-corrected chi connectivity index (χ1v) is 14.0. The van der Waals surface area contributed by atoms with E-state index in [-0.39, 0.29) is 22.2 Å². The molecule has 0 saturated heterocycles. The van der Waals surface area contributed by atoms with Crippen LogP contribution in [0.3, 0.4) is 0 Å². The maximum absolute atomic E-state index is 13.3. The van der Waals surface area contributed by atoms with Gasteiger partial charge in [0.2, 0.25) is 10.0 Å². The van der Waals surface area contributed by atoms with E-state index in [1.807, 2.05) is 13.8 Å². The molecule has 0 radical (unpaired) electrons. The molecule has 1 aliphatic carbocycles. The molecule has 1 amide bonds. The second kappa shape index (κ2) is 10.4. The van der Waals surface area contributed by atoms with E-state index in [9.17, 15) is 23.3 Å². The SMILES string of the molecule is CCN(C1CCCCC1)S(=O)(=O)c1ccc(C(=O)N=c2sc3ccc([N+](=O)[O-])cc3n2CC)cc1. The molecule has 0 atom stereocenters. The number of sulfonamides is 1. The van der Waals surface area contributed by atoms with Crippen molar-refractivity contribution in [3.05, 3.63) is 62.9 Å². The molecular formula is C24H28N4O5S2. The highest BCUT2D eigenvalue weighted by molar-refractivity contribution is 7.89. The summed E-state index contributed by atoms with van der Waals surface area (Å²) in [4.78, 5) is 28.4. The molecule has 2 aromatic carbocycles. The van der Waals surface area contributed by atoms with Crippen molar-refractivity contribution in [3.63, 3.8) is 0 Å². The zero-order valence-electron chi connectivity index (χ0n) is 19.7. The van der Waals surface area contributed by atoms with E-state index >= 15 is 0 Å². The summed E-state index contributed by atoms with van der Waals surface area (Å²) in [6.07, 6.45) is 4.96. The van der Waals surface area contributed by atoms with Gasteiger partial charge in [-0.25, -0.2) is 8.42 Å². The summed E-state index contributed by atoms with van der Waals surface area (Å²) in [5, 5.41) is 11.1. The molecule has 35 heavy (non-hydrogen) atoms. The fourth-order valence-electron chi connectivity index (χ4n) is 4.61.